The summed E-state index contributed by atoms with van der Waals surface area (Å²) in [4.78, 5) is 0. The Balaban J connectivity index is 4.58. The van der Waals surface area contributed by atoms with Crippen LogP contribution in [0, 0.1) is 5.41 Å². The second kappa shape index (κ2) is 7.14. The average molecular weight is 265 g/mol. The zero-order valence-electron chi connectivity index (χ0n) is 11.5. The molecule has 0 atom stereocenters. The van der Waals surface area contributed by atoms with E-state index in [1.807, 2.05) is 13.8 Å². The van der Waals surface area contributed by atoms with Crippen LogP contribution in [0.15, 0.2) is 0 Å². The van der Waals surface area contributed by atoms with Gasteiger partial charge >= 0.3 is 7.60 Å². The second-order valence-corrected chi connectivity index (χ2v) is 6.63. The van der Waals surface area contributed by atoms with Crippen molar-refractivity contribution in [2.75, 3.05) is 6.16 Å². The Morgan fingerprint density at radius 3 is 1.71 bits per heavy atom. The van der Waals surface area contributed by atoms with E-state index in [4.69, 9.17) is 19.2 Å². The van der Waals surface area contributed by atoms with Crippen LogP contribution in [0.5, 0.6) is 0 Å². The fourth-order valence-corrected chi connectivity index (χ4v) is 3.15. The van der Waals surface area contributed by atoms with Gasteiger partial charge in [0.25, 0.3) is 0 Å². The highest BCUT2D eigenvalue weighted by Gasteiger charge is 2.30. The topological polar surface area (TPSA) is 68.6 Å². The average Bonchev–Trinajstić information content (AvgIpc) is 1.95. The normalized spacial score (nSPS) is 12.5. The third-order valence-corrected chi connectivity index (χ3v) is 3.62. The predicted octanol–water partition coefficient (Wildman–Crippen LogP) is 3.43. The molecule has 0 fully saturated rings. The Kier molecular flexibility index (Phi) is 6.98. The van der Waals surface area contributed by atoms with E-state index in [2.05, 4.69) is 0 Å². The Morgan fingerprint density at radius 2 is 1.41 bits per heavy atom. The second-order valence-electron chi connectivity index (χ2n) is 4.67. The highest BCUT2D eigenvalue weighted by atomic mass is 31.2. The molecule has 0 aliphatic carbocycles. The van der Waals surface area contributed by atoms with Crippen LogP contribution in [0.25, 0.3) is 0 Å². The highest BCUT2D eigenvalue weighted by Crippen LogP contribution is 2.50. The standard InChI is InChI=1S/C11H24NO4P/c1-8(2)14-11(12)7-17(13,15-9(3)4)16-10(5)6/h8-10,12H,7H2,1-6H3. The lowest BCUT2D eigenvalue weighted by Gasteiger charge is -2.23. The molecule has 17 heavy (non-hydrogen) atoms. The minimum Gasteiger partial charge on any atom is -0.478 e. The lowest BCUT2D eigenvalue weighted by Crippen LogP contribution is -2.19. The number of nitrogens with one attached hydrogen (secondary N) is 1. The van der Waals surface area contributed by atoms with Crippen molar-refractivity contribution in [2.24, 2.45) is 0 Å². The summed E-state index contributed by atoms with van der Waals surface area (Å²) in [6.45, 7) is 10.7. The van der Waals surface area contributed by atoms with E-state index < -0.39 is 7.60 Å². The molecule has 0 bridgehead atoms. The van der Waals surface area contributed by atoms with E-state index in [1.54, 1.807) is 27.7 Å². The zero-order valence-corrected chi connectivity index (χ0v) is 12.4. The molecule has 102 valence electrons. The van der Waals surface area contributed by atoms with Gasteiger partial charge in [-0.2, -0.15) is 0 Å². The third kappa shape index (κ3) is 8.36. The van der Waals surface area contributed by atoms with Gasteiger partial charge in [0, 0.05) is 0 Å². The maximum absolute atomic E-state index is 12.4. The lowest BCUT2D eigenvalue weighted by atomic mass is 10.5. The highest BCUT2D eigenvalue weighted by molar-refractivity contribution is 7.54. The van der Waals surface area contributed by atoms with Crippen molar-refractivity contribution in [3.8, 4) is 0 Å². The summed E-state index contributed by atoms with van der Waals surface area (Å²) < 4.78 is 28.1. The van der Waals surface area contributed by atoms with Gasteiger partial charge in [-0.15, -0.1) is 0 Å². The number of hydrogen-bond acceptors (Lipinski definition) is 5. The first-order valence-corrected chi connectivity index (χ1v) is 7.57. The van der Waals surface area contributed by atoms with Gasteiger partial charge in [-0.25, -0.2) is 0 Å². The minimum atomic E-state index is -3.29. The van der Waals surface area contributed by atoms with Gasteiger partial charge in [0.15, 0.2) is 5.90 Å². The largest absolute Gasteiger partial charge is 0.478 e. The van der Waals surface area contributed by atoms with Crippen molar-refractivity contribution >= 4 is 13.5 Å². The van der Waals surface area contributed by atoms with Gasteiger partial charge in [0.2, 0.25) is 0 Å². The van der Waals surface area contributed by atoms with E-state index in [9.17, 15) is 4.57 Å². The molecular formula is C11H24NO4P. The van der Waals surface area contributed by atoms with Crippen LogP contribution >= 0.6 is 7.60 Å². The van der Waals surface area contributed by atoms with E-state index in [1.165, 1.54) is 0 Å². The summed E-state index contributed by atoms with van der Waals surface area (Å²) in [6, 6.07) is 0. The van der Waals surface area contributed by atoms with Crippen molar-refractivity contribution in [1.29, 1.82) is 5.41 Å². The molecule has 6 heteroatoms. The summed E-state index contributed by atoms with van der Waals surface area (Å²) in [5, 5.41) is 7.61. The zero-order chi connectivity index (χ0) is 13.6. The van der Waals surface area contributed by atoms with Crippen LogP contribution in [0.3, 0.4) is 0 Å². The Hall–Kier alpha value is -0.380. The molecular weight excluding hydrogens is 241 g/mol. The Labute approximate surface area is 104 Å². The smallest absolute Gasteiger partial charge is 0.340 e. The molecule has 0 spiro atoms. The minimum absolute atomic E-state index is 0.0652. The van der Waals surface area contributed by atoms with Gasteiger partial charge in [-0.05, 0) is 41.5 Å². The molecule has 5 nitrogen and oxygen atoms in total. The quantitative estimate of drug-likeness (QED) is 0.435. The van der Waals surface area contributed by atoms with Crippen LogP contribution in [0.4, 0.5) is 0 Å². The third-order valence-electron chi connectivity index (χ3n) is 1.46. The molecule has 0 saturated carbocycles. The molecule has 0 aliphatic heterocycles. The number of rotatable bonds is 7. The van der Waals surface area contributed by atoms with Crippen molar-refractivity contribution in [3.63, 3.8) is 0 Å². The maximum atomic E-state index is 12.4. The van der Waals surface area contributed by atoms with Crippen LogP contribution in [-0.4, -0.2) is 30.4 Å². The molecule has 0 amide bonds. The van der Waals surface area contributed by atoms with E-state index in [0.29, 0.717) is 0 Å². The van der Waals surface area contributed by atoms with Crippen molar-refractivity contribution in [2.45, 2.75) is 59.9 Å². The SMILES string of the molecule is CC(C)OC(=N)CP(=O)(OC(C)C)OC(C)C. The molecule has 0 aromatic rings. The van der Waals surface area contributed by atoms with E-state index in [-0.39, 0.29) is 30.4 Å². The van der Waals surface area contributed by atoms with Gasteiger partial charge in [0.1, 0.15) is 6.16 Å². The summed E-state index contributed by atoms with van der Waals surface area (Å²) in [7, 11) is -3.29. The first-order valence-electron chi connectivity index (χ1n) is 5.84. The van der Waals surface area contributed by atoms with Crippen LogP contribution in [0.2, 0.25) is 0 Å². The fourth-order valence-electron chi connectivity index (χ4n) is 1.24. The lowest BCUT2D eigenvalue weighted by molar-refractivity contribution is 0.142. The molecule has 0 heterocycles. The molecule has 0 unspecified atom stereocenters. The van der Waals surface area contributed by atoms with E-state index in [0.717, 1.165) is 0 Å². The summed E-state index contributed by atoms with van der Waals surface area (Å²) in [6.07, 6.45) is -0.673. The first kappa shape index (κ1) is 16.6. The molecule has 0 aliphatic rings. The summed E-state index contributed by atoms with van der Waals surface area (Å²) in [5.74, 6) is -0.0652. The Morgan fingerprint density at radius 1 is 1.00 bits per heavy atom. The van der Waals surface area contributed by atoms with Crippen LogP contribution in [0.1, 0.15) is 41.5 Å². The maximum Gasteiger partial charge on any atom is 0.340 e. The molecule has 0 saturated heterocycles. The number of hydrogen-bond donors (Lipinski definition) is 1. The van der Waals surface area contributed by atoms with Gasteiger partial charge in [-0.3, -0.25) is 9.97 Å². The van der Waals surface area contributed by atoms with Gasteiger partial charge in [0.05, 0.1) is 18.3 Å². The molecule has 0 aromatic carbocycles. The van der Waals surface area contributed by atoms with Gasteiger partial charge < -0.3 is 13.8 Å². The summed E-state index contributed by atoms with van der Waals surface area (Å²) >= 11 is 0. The van der Waals surface area contributed by atoms with Gasteiger partial charge in [-0.1, -0.05) is 0 Å². The molecule has 0 aromatic heterocycles. The summed E-state index contributed by atoms with van der Waals surface area (Å²) in [5.41, 5.74) is 0. The number of ether oxygens (including phenoxy) is 1. The molecule has 1 N–H and O–H groups in total. The van der Waals surface area contributed by atoms with Crippen LogP contribution < -0.4 is 0 Å². The van der Waals surface area contributed by atoms with Crippen molar-refractivity contribution in [1.82, 2.24) is 0 Å². The first-order chi connectivity index (χ1) is 7.64. The predicted molar refractivity (Wildman–Crippen MR) is 68.9 cm³/mol. The van der Waals surface area contributed by atoms with Crippen molar-refractivity contribution < 1.29 is 18.3 Å². The van der Waals surface area contributed by atoms with Crippen molar-refractivity contribution in [3.05, 3.63) is 0 Å². The van der Waals surface area contributed by atoms with Crippen LogP contribution in [-0.2, 0) is 18.3 Å². The fraction of sp³-hybridized carbons (Fsp3) is 0.909. The Bertz CT molecular complexity index is 275. The molecule has 0 rings (SSSR count). The van der Waals surface area contributed by atoms with E-state index >= 15 is 0 Å². The molecule has 0 radical (unpaired) electrons. The monoisotopic (exact) mass is 265 g/mol.